The highest BCUT2D eigenvalue weighted by molar-refractivity contribution is 6.35. The maximum absolute atomic E-state index is 10.3. The first kappa shape index (κ1) is 52.6. The van der Waals surface area contributed by atoms with Crippen molar-refractivity contribution in [1.82, 2.24) is 20.5 Å². The number of aromatic nitrogens is 5. The minimum atomic E-state index is -0.499. The molecular weight excluding hydrogens is 924 g/mol. The van der Waals surface area contributed by atoms with Crippen LogP contribution in [0.2, 0.25) is 5.02 Å². The monoisotopic (exact) mass is 975 g/mol. The van der Waals surface area contributed by atoms with Gasteiger partial charge in [0.2, 0.25) is 16.9 Å². The van der Waals surface area contributed by atoms with Crippen molar-refractivity contribution in [2.75, 3.05) is 35.0 Å². The van der Waals surface area contributed by atoms with Gasteiger partial charge in [-0.2, -0.15) is 0 Å². The van der Waals surface area contributed by atoms with Gasteiger partial charge < -0.3 is 42.4 Å². The van der Waals surface area contributed by atoms with Crippen molar-refractivity contribution >= 4 is 45.8 Å². The first-order valence-corrected chi connectivity index (χ1v) is 21.7. The average molecular weight is 976 g/mol. The molecule has 0 aliphatic rings. The molecule has 0 bridgehead atoms. The Kier molecular flexibility index (Phi) is 19.3. The van der Waals surface area contributed by atoms with E-state index in [1.54, 1.807) is 53.6 Å². The second-order valence-corrected chi connectivity index (χ2v) is 15.3. The third-order valence-electron chi connectivity index (χ3n) is 10.1. The molecule has 0 fully saturated rings. The number of benzene rings is 4. The van der Waals surface area contributed by atoms with Crippen LogP contribution in [0.5, 0.6) is 23.0 Å². The van der Waals surface area contributed by atoms with E-state index in [1.165, 1.54) is 13.8 Å². The van der Waals surface area contributed by atoms with Crippen LogP contribution in [0.3, 0.4) is 0 Å². The zero-order valence-corrected chi connectivity index (χ0v) is 40.5. The third kappa shape index (κ3) is 13.9. The topological polar surface area (TPSA) is 232 Å². The van der Waals surface area contributed by atoms with Crippen LogP contribution in [0.25, 0.3) is 44.7 Å². The van der Waals surface area contributed by atoms with Gasteiger partial charge in [-0.3, -0.25) is 15.3 Å². The predicted octanol–water partition coefficient (Wildman–Crippen LogP) is 10.1. The summed E-state index contributed by atoms with van der Waals surface area (Å²) in [6, 6.07) is 35.7. The van der Waals surface area contributed by atoms with Crippen LogP contribution < -0.4 is 23.7 Å². The summed E-state index contributed by atoms with van der Waals surface area (Å²) in [6.07, 6.45) is 2.03. The smallest absolute Gasteiger partial charge is 0.334 e. The van der Waals surface area contributed by atoms with Gasteiger partial charge in [0.15, 0.2) is 11.4 Å². The Labute approximate surface area is 407 Å². The molecule has 70 heavy (non-hydrogen) atoms. The molecule has 5 aromatic heterocycles. The number of aliphatic hydroxyl groups is 1. The van der Waals surface area contributed by atoms with E-state index in [0.29, 0.717) is 57.1 Å². The van der Waals surface area contributed by atoms with Crippen LogP contribution in [-0.4, -0.2) is 77.0 Å². The summed E-state index contributed by atoms with van der Waals surface area (Å²) in [5.41, 5.74) is 9.27. The molecule has 0 atom stereocenters. The number of fused-ring (bicyclic) bond motifs is 2. The molecule has 19 heteroatoms. The SMILES string of the molecule is COc1cccc(-c2cc(Cl)c3onc(C)c3n2)c1.COc1cccc(-c2ccc3onc(C)c3[n+]2O)c1.COc1cccc(CC=O)c1.COc1cccc(CCO)c1.Cc1noc(C)c1[N+](=O)[O-]. The van der Waals surface area contributed by atoms with E-state index in [1.807, 2.05) is 104 Å². The van der Waals surface area contributed by atoms with Gasteiger partial charge in [-0.15, -0.1) is 0 Å². The van der Waals surface area contributed by atoms with Crippen molar-refractivity contribution in [3.05, 3.63) is 164 Å². The molecule has 0 saturated carbocycles. The van der Waals surface area contributed by atoms with E-state index in [9.17, 15) is 20.1 Å². The van der Waals surface area contributed by atoms with Crippen molar-refractivity contribution in [3.8, 4) is 45.5 Å². The van der Waals surface area contributed by atoms with Crippen molar-refractivity contribution < 1.29 is 57.3 Å². The number of aliphatic hydroxyl groups excluding tert-OH is 1. The summed E-state index contributed by atoms with van der Waals surface area (Å²) in [6.45, 7) is 6.86. The second-order valence-electron chi connectivity index (χ2n) is 14.9. The normalized spacial score (nSPS) is 10.3. The number of rotatable bonds is 11. The van der Waals surface area contributed by atoms with Gasteiger partial charge in [-0.25, -0.2) is 4.98 Å². The number of carbonyl (C=O) groups excluding carboxylic acids is 1. The number of aldehydes is 1. The summed E-state index contributed by atoms with van der Waals surface area (Å²) < 4.78 is 36.3. The number of aryl methyl sites for hydroxylation is 4. The molecule has 0 amide bonds. The lowest BCUT2D eigenvalue weighted by molar-refractivity contribution is -0.876. The third-order valence-corrected chi connectivity index (χ3v) is 10.4. The Hall–Kier alpha value is -8.35. The number of carbonyl (C=O) groups is 1. The van der Waals surface area contributed by atoms with Crippen LogP contribution in [0.15, 0.2) is 129 Å². The van der Waals surface area contributed by atoms with E-state index in [-0.39, 0.29) is 18.1 Å². The Bertz CT molecular complexity index is 3130. The van der Waals surface area contributed by atoms with Crippen molar-refractivity contribution in [2.45, 2.75) is 40.5 Å². The minimum absolute atomic E-state index is 0.0278. The van der Waals surface area contributed by atoms with E-state index >= 15 is 0 Å². The Balaban J connectivity index is 0.000000168. The Morgan fingerprint density at radius 2 is 1.23 bits per heavy atom. The molecule has 18 nitrogen and oxygen atoms in total. The summed E-state index contributed by atoms with van der Waals surface area (Å²) in [4.78, 5) is 24.4. The second kappa shape index (κ2) is 25.7. The molecule has 0 saturated heterocycles. The highest BCUT2D eigenvalue weighted by Gasteiger charge is 2.24. The molecule has 364 valence electrons. The number of nitro groups is 1. The predicted molar refractivity (Wildman–Crippen MR) is 261 cm³/mol. The maximum Gasteiger partial charge on any atom is 0.334 e. The van der Waals surface area contributed by atoms with Crippen molar-refractivity contribution in [1.29, 1.82) is 0 Å². The molecular formula is C51H52ClN6O12+. The van der Waals surface area contributed by atoms with Crippen LogP contribution in [-0.2, 0) is 17.6 Å². The number of methoxy groups -OCH3 is 4. The van der Waals surface area contributed by atoms with Crippen molar-refractivity contribution in [2.24, 2.45) is 0 Å². The summed E-state index contributed by atoms with van der Waals surface area (Å²) in [5.74, 6) is 3.40. The number of ether oxygens (including phenoxy) is 4. The van der Waals surface area contributed by atoms with Gasteiger partial charge in [0.1, 0.15) is 40.5 Å². The number of hydrogen-bond acceptors (Lipinski definition) is 16. The number of nitrogens with zero attached hydrogens (tertiary/aromatic N) is 6. The summed E-state index contributed by atoms with van der Waals surface area (Å²) in [5, 5.41) is 40.8. The molecule has 0 aliphatic carbocycles. The molecule has 0 unspecified atom stereocenters. The lowest BCUT2D eigenvalue weighted by Gasteiger charge is -2.04. The Morgan fingerprint density at radius 3 is 1.79 bits per heavy atom. The first-order chi connectivity index (χ1) is 33.7. The van der Waals surface area contributed by atoms with E-state index < -0.39 is 4.92 Å². The van der Waals surface area contributed by atoms with Gasteiger partial charge in [0, 0.05) is 36.3 Å². The molecule has 0 spiro atoms. The first-order valence-electron chi connectivity index (χ1n) is 21.3. The molecule has 4 aromatic carbocycles. The fourth-order valence-corrected chi connectivity index (χ4v) is 6.84. The highest BCUT2D eigenvalue weighted by Crippen LogP contribution is 2.31. The van der Waals surface area contributed by atoms with Gasteiger partial charge >= 0.3 is 11.2 Å². The molecule has 5 heterocycles. The molecule has 9 aromatic rings. The summed E-state index contributed by atoms with van der Waals surface area (Å²) in [7, 11) is 6.49. The Morgan fingerprint density at radius 1 is 0.686 bits per heavy atom. The van der Waals surface area contributed by atoms with Crippen molar-refractivity contribution in [3.63, 3.8) is 0 Å². The fourth-order valence-electron chi connectivity index (χ4n) is 6.61. The van der Waals surface area contributed by atoms with Crippen LogP contribution in [0.1, 0.15) is 34.0 Å². The molecule has 0 radical (unpaired) electrons. The molecule has 0 aliphatic heterocycles. The largest absolute Gasteiger partial charge is 0.497 e. The number of hydrogen-bond donors (Lipinski definition) is 2. The minimum Gasteiger partial charge on any atom is -0.497 e. The highest BCUT2D eigenvalue weighted by atomic mass is 35.5. The lowest BCUT2D eigenvalue weighted by atomic mass is 10.1. The zero-order valence-electron chi connectivity index (χ0n) is 39.7. The molecule has 9 rings (SSSR count). The van der Waals surface area contributed by atoms with E-state index in [2.05, 4.69) is 25.0 Å². The quantitative estimate of drug-likeness (QED) is 0.0403. The average Bonchev–Trinajstić information content (AvgIpc) is 4.07. The van der Waals surface area contributed by atoms with Crippen LogP contribution >= 0.6 is 11.6 Å². The van der Waals surface area contributed by atoms with Crippen LogP contribution in [0.4, 0.5) is 5.69 Å². The number of pyridine rings is 2. The van der Waals surface area contributed by atoms with Gasteiger partial charge in [0.25, 0.3) is 5.69 Å². The lowest BCUT2D eigenvalue weighted by Crippen LogP contribution is -2.33. The van der Waals surface area contributed by atoms with Crippen LogP contribution in [0, 0.1) is 37.8 Å². The number of halogens is 1. The van der Waals surface area contributed by atoms with Gasteiger partial charge in [0.05, 0.1) is 49.6 Å². The zero-order chi connectivity index (χ0) is 50.7. The summed E-state index contributed by atoms with van der Waals surface area (Å²) >= 11 is 6.19. The standard InChI is InChI=1S/C14H11ClN2O2.C14H13N2O3.C9H12O2.C9H10O2.C5H6N2O3/c1-8-13-14(19-17-8)11(15)7-12(16-13)9-4-3-5-10(6-9)18-2;1-9-14-13(19-15-9)7-6-12(16(14)17)10-4-3-5-11(8-10)18-2;2*1-11-9-4-2-3-8(7-9)5-6-10;1-3-5(7(8)9)4(2)10-6-3/h3-7H,1-2H3;3-8,17H,1-2H3;2-4,7,10H,5-6H2,1H3;2-4,6-7H,5H2,1H3;1-2H3/q;+1;;;. The van der Waals surface area contributed by atoms with E-state index in [4.69, 9.17) is 44.7 Å². The van der Waals surface area contributed by atoms with E-state index in [0.717, 1.165) is 67.7 Å². The van der Waals surface area contributed by atoms with Gasteiger partial charge in [-0.05, 0) is 105 Å². The van der Waals surface area contributed by atoms with Gasteiger partial charge in [-0.1, -0.05) is 69.5 Å². The maximum atomic E-state index is 10.3. The fraction of sp³-hybridized carbons (Fsp3) is 0.216. The molecule has 2 N–H and O–H groups in total.